The Labute approximate surface area is 125 Å². The van der Waals surface area contributed by atoms with Crippen molar-refractivity contribution in [3.63, 3.8) is 0 Å². The minimum atomic E-state index is 0.543. The van der Waals surface area contributed by atoms with E-state index >= 15 is 0 Å². The second-order valence-electron chi connectivity index (χ2n) is 6.18. The lowest BCUT2D eigenvalue weighted by molar-refractivity contribution is 0.129. The molecule has 1 aliphatic carbocycles. The minimum absolute atomic E-state index is 0.543. The van der Waals surface area contributed by atoms with Crippen LogP contribution in [-0.2, 0) is 6.42 Å². The summed E-state index contributed by atoms with van der Waals surface area (Å²) < 4.78 is 1.33. The third kappa shape index (κ3) is 3.95. The van der Waals surface area contributed by atoms with E-state index < -0.39 is 0 Å². The van der Waals surface area contributed by atoms with Crippen LogP contribution in [0.4, 0.5) is 0 Å². The van der Waals surface area contributed by atoms with E-state index in [9.17, 15) is 0 Å². The molecular weight excluding hydrogens is 333 g/mol. The molecule has 2 heteroatoms. The van der Waals surface area contributed by atoms with Crippen molar-refractivity contribution in [1.29, 1.82) is 0 Å². The second-order valence-corrected chi connectivity index (χ2v) is 7.43. The van der Waals surface area contributed by atoms with Crippen molar-refractivity contribution >= 4 is 22.6 Å². The molecule has 1 nitrogen and oxygen atoms in total. The monoisotopic (exact) mass is 357 g/mol. The molecule has 1 fully saturated rings. The normalized spacial score (nSPS) is 17.8. The zero-order valence-corrected chi connectivity index (χ0v) is 13.7. The average molecular weight is 357 g/mol. The summed E-state index contributed by atoms with van der Waals surface area (Å²) in [5.41, 5.74) is 2.04. The maximum absolute atomic E-state index is 3.66. The fraction of sp³-hybridized carbons (Fsp3) is 0.625. The zero-order chi connectivity index (χ0) is 13.0. The molecule has 0 aromatic heterocycles. The highest BCUT2D eigenvalue weighted by Gasteiger charge is 2.36. The highest BCUT2D eigenvalue weighted by atomic mass is 127. The van der Waals surface area contributed by atoms with E-state index in [1.165, 1.54) is 41.4 Å². The van der Waals surface area contributed by atoms with Crippen LogP contribution < -0.4 is 5.32 Å². The first-order chi connectivity index (χ1) is 8.60. The highest BCUT2D eigenvalue weighted by Crippen LogP contribution is 2.43. The topological polar surface area (TPSA) is 12.0 Å². The Balaban J connectivity index is 1.89. The van der Waals surface area contributed by atoms with Crippen molar-refractivity contribution in [3.05, 3.63) is 33.4 Å². The third-order valence-corrected chi connectivity index (χ3v) is 4.68. The largest absolute Gasteiger partial charge is 0.316 e. The van der Waals surface area contributed by atoms with E-state index in [1.54, 1.807) is 0 Å². The molecule has 0 saturated heterocycles. The summed E-state index contributed by atoms with van der Waals surface area (Å²) in [4.78, 5) is 0. The molecule has 18 heavy (non-hydrogen) atoms. The summed E-state index contributed by atoms with van der Waals surface area (Å²) in [6, 6.07) is 9.04. The van der Waals surface area contributed by atoms with Gasteiger partial charge in [0.2, 0.25) is 0 Å². The Morgan fingerprint density at radius 3 is 2.39 bits per heavy atom. The standard InChI is InChI=1S/C16H24IN/c1-13(2)11-18-12-16(8-3-9-16)10-14-4-6-15(17)7-5-14/h4-7,13,18H,3,8-12H2,1-2H3. The molecule has 0 bridgehead atoms. The van der Waals surface area contributed by atoms with E-state index in [0.717, 1.165) is 12.5 Å². The summed E-state index contributed by atoms with van der Waals surface area (Å²) in [5.74, 6) is 0.750. The quantitative estimate of drug-likeness (QED) is 0.751. The first-order valence-corrected chi connectivity index (χ1v) is 8.13. The highest BCUT2D eigenvalue weighted by molar-refractivity contribution is 14.1. The van der Waals surface area contributed by atoms with Gasteiger partial charge in [0.15, 0.2) is 0 Å². The molecule has 0 heterocycles. The first kappa shape index (κ1) is 14.3. The molecule has 0 atom stereocenters. The molecule has 1 N–H and O–H groups in total. The summed E-state index contributed by atoms with van der Waals surface area (Å²) in [7, 11) is 0. The Kier molecular flexibility index (Phi) is 5.07. The number of hydrogen-bond donors (Lipinski definition) is 1. The predicted octanol–water partition coefficient (Wildman–Crippen LogP) is 4.25. The molecule has 1 aromatic carbocycles. The number of benzene rings is 1. The summed E-state index contributed by atoms with van der Waals surface area (Å²) in [6.45, 7) is 6.89. The van der Waals surface area contributed by atoms with Crippen molar-refractivity contribution in [2.75, 3.05) is 13.1 Å². The minimum Gasteiger partial charge on any atom is -0.316 e. The summed E-state index contributed by atoms with van der Waals surface area (Å²) in [5, 5.41) is 3.66. The van der Waals surface area contributed by atoms with Gasteiger partial charge in [-0.3, -0.25) is 0 Å². The van der Waals surface area contributed by atoms with Gasteiger partial charge in [-0.1, -0.05) is 32.4 Å². The van der Waals surface area contributed by atoms with Crippen LogP contribution in [0.1, 0.15) is 38.7 Å². The molecular formula is C16H24IN. The van der Waals surface area contributed by atoms with Gasteiger partial charge in [-0.25, -0.2) is 0 Å². The van der Waals surface area contributed by atoms with Crippen LogP contribution in [0.3, 0.4) is 0 Å². The first-order valence-electron chi connectivity index (χ1n) is 7.05. The van der Waals surface area contributed by atoms with Gasteiger partial charge in [0, 0.05) is 10.1 Å². The lowest BCUT2D eigenvalue weighted by Gasteiger charge is -2.42. The molecule has 0 radical (unpaired) electrons. The fourth-order valence-electron chi connectivity index (χ4n) is 2.75. The van der Waals surface area contributed by atoms with Gasteiger partial charge in [-0.2, -0.15) is 0 Å². The molecule has 2 rings (SSSR count). The molecule has 1 aliphatic rings. The van der Waals surface area contributed by atoms with Crippen LogP contribution in [0.2, 0.25) is 0 Å². The van der Waals surface area contributed by atoms with E-state index in [4.69, 9.17) is 0 Å². The van der Waals surface area contributed by atoms with Crippen molar-refractivity contribution in [3.8, 4) is 0 Å². The van der Waals surface area contributed by atoms with Gasteiger partial charge in [-0.05, 0) is 77.4 Å². The maximum atomic E-state index is 3.66. The van der Waals surface area contributed by atoms with Gasteiger partial charge in [0.05, 0.1) is 0 Å². The molecule has 100 valence electrons. The summed E-state index contributed by atoms with van der Waals surface area (Å²) >= 11 is 2.37. The van der Waals surface area contributed by atoms with Crippen LogP contribution in [0.25, 0.3) is 0 Å². The van der Waals surface area contributed by atoms with Crippen LogP contribution in [0.5, 0.6) is 0 Å². The molecule has 0 aliphatic heterocycles. The number of hydrogen-bond acceptors (Lipinski definition) is 1. The van der Waals surface area contributed by atoms with Crippen LogP contribution in [0.15, 0.2) is 24.3 Å². The Morgan fingerprint density at radius 2 is 1.89 bits per heavy atom. The van der Waals surface area contributed by atoms with E-state index in [2.05, 4.69) is 66.0 Å². The molecule has 1 saturated carbocycles. The molecule has 0 spiro atoms. The third-order valence-electron chi connectivity index (χ3n) is 3.96. The zero-order valence-electron chi connectivity index (χ0n) is 11.5. The molecule has 0 unspecified atom stereocenters. The maximum Gasteiger partial charge on any atom is 0.0130 e. The Bertz CT molecular complexity index is 365. The van der Waals surface area contributed by atoms with Gasteiger partial charge in [0.1, 0.15) is 0 Å². The molecule has 1 aromatic rings. The van der Waals surface area contributed by atoms with Gasteiger partial charge in [0.25, 0.3) is 0 Å². The lowest BCUT2D eigenvalue weighted by atomic mass is 9.65. The van der Waals surface area contributed by atoms with Crippen molar-refractivity contribution in [2.45, 2.75) is 39.5 Å². The SMILES string of the molecule is CC(C)CNCC1(Cc2ccc(I)cc2)CCC1. The van der Waals surface area contributed by atoms with Gasteiger partial charge >= 0.3 is 0 Å². The van der Waals surface area contributed by atoms with Crippen LogP contribution >= 0.6 is 22.6 Å². The predicted molar refractivity (Wildman–Crippen MR) is 86.9 cm³/mol. The van der Waals surface area contributed by atoms with E-state index in [-0.39, 0.29) is 0 Å². The van der Waals surface area contributed by atoms with Crippen molar-refractivity contribution in [2.24, 2.45) is 11.3 Å². The average Bonchev–Trinajstić information content (AvgIpc) is 2.28. The van der Waals surface area contributed by atoms with Crippen molar-refractivity contribution in [1.82, 2.24) is 5.32 Å². The van der Waals surface area contributed by atoms with E-state index in [1.807, 2.05) is 0 Å². The van der Waals surface area contributed by atoms with Crippen molar-refractivity contribution < 1.29 is 0 Å². The Hall–Kier alpha value is -0.0900. The molecule has 0 amide bonds. The second kappa shape index (κ2) is 6.38. The number of nitrogens with one attached hydrogen (secondary N) is 1. The number of halogens is 1. The van der Waals surface area contributed by atoms with E-state index in [0.29, 0.717) is 5.41 Å². The van der Waals surface area contributed by atoms with Crippen LogP contribution in [-0.4, -0.2) is 13.1 Å². The van der Waals surface area contributed by atoms with Crippen LogP contribution in [0, 0.1) is 14.9 Å². The summed E-state index contributed by atoms with van der Waals surface area (Å²) in [6.07, 6.45) is 5.44. The Morgan fingerprint density at radius 1 is 1.22 bits per heavy atom. The van der Waals surface area contributed by atoms with Gasteiger partial charge < -0.3 is 5.32 Å². The van der Waals surface area contributed by atoms with Gasteiger partial charge in [-0.15, -0.1) is 0 Å². The smallest absolute Gasteiger partial charge is 0.0130 e. The lowest BCUT2D eigenvalue weighted by Crippen LogP contribution is -2.42. The fourth-order valence-corrected chi connectivity index (χ4v) is 3.11. The number of rotatable bonds is 6.